The van der Waals surface area contributed by atoms with Crippen LogP contribution in [0.1, 0.15) is 18.4 Å². The predicted molar refractivity (Wildman–Crippen MR) is 94.7 cm³/mol. The van der Waals surface area contributed by atoms with Gasteiger partial charge in [-0.15, -0.1) is 0 Å². The number of amides is 1. The molecule has 2 heterocycles. The molecule has 2 aliphatic rings. The zero-order chi connectivity index (χ0) is 17.5. The van der Waals surface area contributed by atoms with Gasteiger partial charge in [-0.2, -0.15) is 0 Å². The molecule has 2 saturated heterocycles. The molecule has 0 bridgehead atoms. The van der Waals surface area contributed by atoms with Crippen LogP contribution < -0.4 is 5.32 Å². The van der Waals surface area contributed by atoms with E-state index >= 15 is 0 Å². The molecule has 2 fully saturated rings. The summed E-state index contributed by atoms with van der Waals surface area (Å²) in [6.45, 7) is 7.20. The van der Waals surface area contributed by atoms with Gasteiger partial charge in [0, 0.05) is 44.8 Å². The number of morpholine rings is 1. The monoisotopic (exact) mass is 349 g/mol. The van der Waals surface area contributed by atoms with Crippen molar-refractivity contribution in [1.29, 1.82) is 0 Å². The lowest BCUT2D eigenvalue weighted by molar-refractivity contribution is -0.126. The van der Waals surface area contributed by atoms with Crippen LogP contribution in [0.15, 0.2) is 24.3 Å². The number of nitrogens with one attached hydrogen (secondary N) is 1. The highest BCUT2D eigenvalue weighted by atomic mass is 19.1. The largest absolute Gasteiger partial charge is 0.379 e. The third-order valence-corrected chi connectivity index (χ3v) is 5.06. The van der Waals surface area contributed by atoms with Crippen LogP contribution in [0.3, 0.4) is 0 Å². The van der Waals surface area contributed by atoms with Gasteiger partial charge in [-0.3, -0.25) is 14.6 Å². The Morgan fingerprint density at radius 3 is 2.80 bits per heavy atom. The van der Waals surface area contributed by atoms with E-state index in [9.17, 15) is 9.18 Å². The Labute approximate surface area is 149 Å². The third-order valence-electron chi connectivity index (χ3n) is 5.06. The Hall–Kier alpha value is -1.50. The normalized spacial score (nSPS) is 22.7. The van der Waals surface area contributed by atoms with E-state index in [1.165, 1.54) is 6.07 Å². The summed E-state index contributed by atoms with van der Waals surface area (Å²) in [6, 6.07) is 6.88. The van der Waals surface area contributed by atoms with Crippen LogP contribution in [0.4, 0.5) is 4.39 Å². The van der Waals surface area contributed by atoms with Crippen molar-refractivity contribution in [3.8, 4) is 0 Å². The molecule has 138 valence electrons. The molecule has 0 saturated carbocycles. The van der Waals surface area contributed by atoms with E-state index in [-0.39, 0.29) is 17.6 Å². The SMILES string of the molecule is O=C(NCCN1CCOCC1)C1CCCN(Cc2ccccc2F)C1. The van der Waals surface area contributed by atoms with Crippen molar-refractivity contribution in [3.63, 3.8) is 0 Å². The lowest BCUT2D eigenvalue weighted by Crippen LogP contribution is -2.45. The van der Waals surface area contributed by atoms with Crippen LogP contribution in [0.25, 0.3) is 0 Å². The van der Waals surface area contributed by atoms with Gasteiger partial charge in [0.15, 0.2) is 0 Å². The Balaban J connectivity index is 1.42. The molecule has 1 unspecified atom stereocenters. The summed E-state index contributed by atoms with van der Waals surface area (Å²) >= 11 is 0. The van der Waals surface area contributed by atoms with Gasteiger partial charge in [-0.05, 0) is 25.5 Å². The Morgan fingerprint density at radius 2 is 2.00 bits per heavy atom. The van der Waals surface area contributed by atoms with Crippen molar-refractivity contribution >= 4 is 5.91 Å². The fourth-order valence-electron chi connectivity index (χ4n) is 3.59. The van der Waals surface area contributed by atoms with Crippen molar-refractivity contribution < 1.29 is 13.9 Å². The minimum atomic E-state index is -0.167. The van der Waals surface area contributed by atoms with Crippen molar-refractivity contribution in [2.24, 2.45) is 5.92 Å². The van der Waals surface area contributed by atoms with Crippen LogP contribution in [0.2, 0.25) is 0 Å². The van der Waals surface area contributed by atoms with Gasteiger partial charge in [0.1, 0.15) is 5.82 Å². The van der Waals surface area contributed by atoms with Crippen molar-refractivity contribution in [1.82, 2.24) is 15.1 Å². The number of piperidine rings is 1. The van der Waals surface area contributed by atoms with Crippen molar-refractivity contribution in [3.05, 3.63) is 35.6 Å². The molecule has 2 aliphatic heterocycles. The van der Waals surface area contributed by atoms with Gasteiger partial charge >= 0.3 is 0 Å². The molecule has 1 aromatic carbocycles. The molecule has 1 amide bonds. The fraction of sp³-hybridized carbons (Fsp3) is 0.632. The first-order chi connectivity index (χ1) is 12.2. The lowest BCUT2D eigenvalue weighted by atomic mass is 9.96. The highest BCUT2D eigenvalue weighted by molar-refractivity contribution is 5.78. The van der Waals surface area contributed by atoms with E-state index in [1.807, 2.05) is 12.1 Å². The van der Waals surface area contributed by atoms with Crippen molar-refractivity contribution in [2.45, 2.75) is 19.4 Å². The number of carbonyl (C=O) groups excluding carboxylic acids is 1. The fourth-order valence-corrected chi connectivity index (χ4v) is 3.59. The molecule has 3 rings (SSSR count). The molecule has 1 aromatic rings. The molecule has 1 atom stereocenters. The van der Waals surface area contributed by atoms with Gasteiger partial charge in [-0.25, -0.2) is 4.39 Å². The van der Waals surface area contributed by atoms with Crippen LogP contribution in [0.5, 0.6) is 0 Å². The van der Waals surface area contributed by atoms with E-state index in [2.05, 4.69) is 15.1 Å². The van der Waals surface area contributed by atoms with Crippen LogP contribution in [-0.2, 0) is 16.1 Å². The number of benzene rings is 1. The molecule has 0 spiro atoms. The first-order valence-electron chi connectivity index (χ1n) is 9.26. The molecule has 6 heteroatoms. The van der Waals surface area contributed by atoms with E-state index in [1.54, 1.807) is 6.07 Å². The second kappa shape index (κ2) is 9.27. The van der Waals surface area contributed by atoms with E-state index in [0.717, 1.165) is 52.2 Å². The maximum absolute atomic E-state index is 13.8. The molecule has 1 N–H and O–H groups in total. The number of hydrogen-bond acceptors (Lipinski definition) is 4. The Bertz CT molecular complexity index is 563. The molecule has 25 heavy (non-hydrogen) atoms. The van der Waals surface area contributed by atoms with Crippen molar-refractivity contribution in [2.75, 3.05) is 52.5 Å². The second-order valence-corrected chi connectivity index (χ2v) is 6.91. The van der Waals surface area contributed by atoms with Gasteiger partial charge < -0.3 is 10.1 Å². The van der Waals surface area contributed by atoms with Gasteiger partial charge in [0.05, 0.1) is 19.1 Å². The topological polar surface area (TPSA) is 44.8 Å². The Morgan fingerprint density at radius 1 is 1.20 bits per heavy atom. The highest BCUT2D eigenvalue weighted by Gasteiger charge is 2.26. The first kappa shape index (κ1) is 18.3. The zero-order valence-electron chi connectivity index (χ0n) is 14.8. The summed E-state index contributed by atoms with van der Waals surface area (Å²) in [4.78, 5) is 17.0. The lowest BCUT2D eigenvalue weighted by Gasteiger charge is -2.32. The van der Waals surface area contributed by atoms with Gasteiger partial charge in [-0.1, -0.05) is 18.2 Å². The standard InChI is InChI=1S/C19H28FN3O2/c20-18-6-2-1-4-16(18)14-23-8-3-5-17(15-23)19(24)21-7-9-22-10-12-25-13-11-22/h1-2,4,6,17H,3,5,7-15H2,(H,21,24). The molecular formula is C19H28FN3O2. The number of hydrogen-bond donors (Lipinski definition) is 1. The van der Waals surface area contributed by atoms with Crippen LogP contribution >= 0.6 is 0 Å². The number of ether oxygens (including phenoxy) is 1. The highest BCUT2D eigenvalue weighted by Crippen LogP contribution is 2.19. The predicted octanol–water partition coefficient (Wildman–Crippen LogP) is 1.49. The van der Waals surface area contributed by atoms with E-state index in [0.29, 0.717) is 25.2 Å². The molecule has 5 nitrogen and oxygen atoms in total. The first-order valence-corrected chi connectivity index (χ1v) is 9.26. The summed E-state index contributed by atoms with van der Waals surface area (Å²) in [5, 5.41) is 3.07. The quantitative estimate of drug-likeness (QED) is 0.845. The average molecular weight is 349 g/mol. The summed E-state index contributed by atoms with van der Waals surface area (Å²) in [6.07, 6.45) is 1.90. The third kappa shape index (κ3) is 5.49. The van der Waals surface area contributed by atoms with Gasteiger partial charge in [0.2, 0.25) is 5.91 Å². The van der Waals surface area contributed by atoms with E-state index < -0.39 is 0 Å². The molecule has 0 radical (unpaired) electrons. The van der Waals surface area contributed by atoms with Crippen LogP contribution in [0, 0.1) is 11.7 Å². The molecule has 0 aliphatic carbocycles. The van der Waals surface area contributed by atoms with Crippen LogP contribution in [-0.4, -0.2) is 68.2 Å². The zero-order valence-corrected chi connectivity index (χ0v) is 14.8. The summed E-state index contributed by atoms with van der Waals surface area (Å²) in [5.74, 6) is -0.0312. The maximum atomic E-state index is 13.8. The minimum Gasteiger partial charge on any atom is -0.379 e. The summed E-state index contributed by atoms with van der Waals surface area (Å²) in [7, 11) is 0. The number of likely N-dealkylation sites (tertiary alicyclic amines) is 1. The average Bonchev–Trinajstić information content (AvgIpc) is 2.65. The smallest absolute Gasteiger partial charge is 0.224 e. The molecule has 0 aromatic heterocycles. The number of carbonyl (C=O) groups is 1. The van der Waals surface area contributed by atoms with Gasteiger partial charge in [0.25, 0.3) is 0 Å². The Kier molecular flexibility index (Phi) is 6.78. The van der Waals surface area contributed by atoms with E-state index in [4.69, 9.17) is 4.74 Å². The number of halogens is 1. The maximum Gasteiger partial charge on any atom is 0.224 e. The molecular weight excluding hydrogens is 321 g/mol. The minimum absolute atomic E-state index is 0.00483. The number of rotatable bonds is 6. The second-order valence-electron chi connectivity index (χ2n) is 6.91. The summed E-state index contributed by atoms with van der Waals surface area (Å²) < 4.78 is 19.2. The number of nitrogens with zero attached hydrogens (tertiary/aromatic N) is 2. The summed E-state index contributed by atoms with van der Waals surface area (Å²) in [5.41, 5.74) is 0.705.